The van der Waals surface area contributed by atoms with Gasteiger partial charge >= 0.3 is 0 Å². The summed E-state index contributed by atoms with van der Waals surface area (Å²) in [5.41, 5.74) is 6.83. The van der Waals surface area contributed by atoms with Crippen LogP contribution in [0.3, 0.4) is 0 Å². The first kappa shape index (κ1) is 11.2. The topological polar surface area (TPSA) is 52.0 Å². The zero-order valence-corrected chi connectivity index (χ0v) is 10.2. The highest BCUT2D eigenvalue weighted by Gasteiger charge is 2.15. The lowest BCUT2D eigenvalue weighted by Crippen LogP contribution is -1.89. The lowest BCUT2D eigenvalue weighted by atomic mass is 10.1. The first-order chi connectivity index (χ1) is 7.83. The maximum atomic E-state index is 5.84. The van der Waals surface area contributed by atoms with Crippen molar-refractivity contribution < 1.29 is 4.52 Å². The second-order valence-electron chi connectivity index (χ2n) is 3.80. The van der Waals surface area contributed by atoms with E-state index in [-0.39, 0.29) is 0 Å². The van der Waals surface area contributed by atoms with Gasteiger partial charge in [0.05, 0.1) is 5.56 Å². The van der Waals surface area contributed by atoms with Crippen molar-refractivity contribution in [2.24, 2.45) is 0 Å². The minimum Gasteiger partial charge on any atom is -0.380 e. The van der Waals surface area contributed by atoms with Gasteiger partial charge < -0.3 is 10.3 Å². The average molecular weight is 236 g/mol. The maximum absolute atomic E-state index is 5.84. The second-order valence-corrected chi connectivity index (χ2v) is 4.75. The molecule has 0 spiro atoms. The van der Waals surface area contributed by atoms with E-state index in [0.29, 0.717) is 5.82 Å². The zero-order valence-electron chi connectivity index (χ0n) is 9.40. The van der Waals surface area contributed by atoms with E-state index in [4.69, 9.17) is 10.3 Å². The highest BCUT2D eigenvalue weighted by molar-refractivity contribution is 7.13. The fourth-order valence-corrected chi connectivity index (χ4v) is 2.53. The summed E-state index contributed by atoms with van der Waals surface area (Å²) in [6.45, 7) is 2.19. The molecular formula is C12H16N2OS. The lowest BCUT2D eigenvalue weighted by Gasteiger charge is -1.99. The molecule has 0 fully saturated rings. The SMILES string of the molecule is CCCCCc1onc(N)c1-c1cccs1. The number of thiophene rings is 1. The number of nitrogens with two attached hydrogens (primary N) is 1. The number of rotatable bonds is 5. The average Bonchev–Trinajstić information content (AvgIpc) is 2.88. The van der Waals surface area contributed by atoms with Crippen LogP contribution in [0.5, 0.6) is 0 Å². The lowest BCUT2D eigenvalue weighted by molar-refractivity contribution is 0.382. The Bertz CT molecular complexity index is 434. The summed E-state index contributed by atoms with van der Waals surface area (Å²) in [6.07, 6.45) is 4.47. The van der Waals surface area contributed by atoms with Crippen LogP contribution in [0.4, 0.5) is 5.82 Å². The fraction of sp³-hybridized carbons (Fsp3) is 0.417. The molecule has 0 saturated carbocycles. The molecule has 0 radical (unpaired) electrons. The van der Waals surface area contributed by atoms with Crippen LogP contribution < -0.4 is 5.73 Å². The third kappa shape index (κ3) is 2.27. The van der Waals surface area contributed by atoms with E-state index in [0.717, 1.165) is 29.0 Å². The Morgan fingerprint density at radius 1 is 1.44 bits per heavy atom. The molecule has 4 heteroatoms. The van der Waals surface area contributed by atoms with Gasteiger partial charge in [-0.2, -0.15) is 0 Å². The number of nitrogen functional groups attached to an aromatic ring is 1. The minimum absolute atomic E-state index is 0.508. The number of hydrogen-bond donors (Lipinski definition) is 1. The quantitative estimate of drug-likeness (QED) is 0.805. The second kappa shape index (κ2) is 5.16. The molecule has 2 N–H and O–H groups in total. The van der Waals surface area contributed by atoms with Crippen LogP contribution in [0.15, 0.2) is 22.0 Å². The summed E-state index contributed by atoms with van der Waals surface area (Å²) in [7, 11) is 0. The normalized spacial score (nSPS) is 10.8. The Kier molecular flexibility index (Phi) is 3.62. The number of aromatic nitrogens is 1. The molecule has 3 nitrogen and oxygen atoms in total. The van der Waals surface area contributed by atoms with Crippen LogP contribution >= 0.6 is 11.3 Å². The van der Waals surface area contributed by atoms with Crippen molar-refractivity contribution in [2.75, 3.05) is 5.73 Å². The van der Waals surface area contributed by atoms with Crippen LogP contribution in [0.1, 0.15) is 31.9 Å². The van der Waals surface area contributed by atoms with Gasteiger partial charge in [0.2, 0.25) is 0 Å². The summed E-state index contributed by atoms with van der Waals surface area (Å²) in [5.74, 6) is 1.43. The molecule has 0 aliphatic heterocycles. The molecule has 0 aliphatic rings. The number of hydrogen-bond acceptors (Lipinski definition) is 4. The van der Waals surface area contributed by atoms with Crippen molar-refractivity contribution in [2.45, 2.75) is 32.6 Å². The molecule has 2 rings (SSSR count). The van der Waals surface area contributed by atoms with E-state index < -0.39 is 0 Å². The molecule has 0 amide bonds. The predicted octanol–water partition coefficient (Wildman–Crippen LogP) is 3.72. The molecule has 2 aromatic rings. The van der Waals surface area contributed by atoms with Gasteiger partial charge in [-0.1, -0.05) is 31.0 Å². The van der Waals surface area contributed by atoms with Crippen LogP contribution in [0, 0.1) is 0 Å². The molecule has 0 saturated heterocycles. The van der Waals surface area contributed by atoms with E-state index in [1.165, 1.54) is 12.8 Å². The summed E-state index contributed by atoms with van der Waals surface area (Å²) >= 11 is 1.67. The van der Waals surface area contributed by atoms with Gasteiger partial charge in [0.15, 0.2) is 5.82 Å². The molecule has 0 unspecified atom stereocenters. The van der Waals surface area contributed by atoms with Gasteiger partial charge in [-0.25, -0.2) is 0 Å². The van der Waals surface area contributed by atoms with Crippen molar-refractivity contribution in [3.05, 3.63) is 23.3 Å². The molecule has 16 heavy (non-hydrogen) atoms. The molecule has 2 aromatic heterocycles. The summed E-state index contributed by atoms with van der Waals surface area (Å²) in [5, 5.41) is 5.90. The highest BCUT2D eigenvalue weighted by atomic mass is 32.1. The standard InChI is InChI=1S/C12H16N2OS/c1-2-3-4-6-9-11(12(13)14-15-9)10-7-5-8-16-10/h5,7-8H,2-4,6H2,1H3,(H2,13,14). The third-order valence-corrected chi connectivity index (χ3v) is 3.45. The van der Waals surface area contributed by atoms with E-state index in [2.05, 4.69) is 18.1 Å². The maximum Gasteiger partial charge on any atom is 0.175 e. The molecule has 86 valence electrons. The van der Waals surface area contributed by atoms with Gasteiger partial charge in [0.1, 0.15) is 5.76 Å². The highest BCUT2D eigenvalue weighted by Crippen LogP contribution is 2.33. The van der Waals surface area contributed by atoms with Crippen molar-refractivity contribution in [3.8, 4) is 10.4 Å². The summed E-state index contributed by atoms with van der Waals surface area (Å²) in [6, 6.07) is 4.07. The van der Waals surface area contributed by atoms with Crippen LogP contribution in [0.25, 0.3) is 10.4 Å². The van der Waals surface area contributed by atoms with Crippen molar-refractivity contribution in [3.63, 3.8) is 0 Å². The molecule has 2 heterocycles. The zero-order chi connectivity index (χ0) is 11.4. The predicted molar refractivity (Wildman–Crippen MR) is 67.5 cm³/mol. The Labute approximate surface area is 99.3 Å². The Morgan fingerprint density at radius 3 is 3.00 bits per heavy atom. The summed E-state index contributed by atoms with van der Waals surface area (Å²) in [4.78, 5) is 1.14. The van der Waals surface area contributed by atoms with E-state index >= 15 is 0 Å². The van der Waals surface area contributed by atoms with E-state index in [1.54, 1.807) is 11.3 Å². The van der Waals surface area contributed by atoms with Gasteiger partial charge in [-0.3, -0.25) is 0 Å². The minimum atomic E-state index is 0.508. The van der Waals surface area contributed by atoms with Crippen LogP contribution in [-0.4, -0.2) is 5.16 Å². The number of anilines is 1. The number of aryl methyl sites for hydroxylation is 1. The smallest absolute Gasteiger partial charge is 0.175 e. The Balaban J connectivity index is 2.20. The number of nitrogens with zero attached hydrogens (tertiary/aromatic N) is 1. The first-order valence-corrected chi connectivity index (χ1v) is 6.48. The van der Waals surface area contributed by atoms with Crippen LogP contribution in [0.2, 0.25) is 0 Å². The van der Waals surface area contributed by atoms with Gasteiger partial charge in [0, 0.05) is 11.3 Å². The molecule has 0 aromatic carbocycles. The van der Waals surface area contributed by atoms with Crippen LogP contribution in [-0.2, 0) is 6.42 Å². The monoisotopic (exact) mass is 236 g/mol. The van der Waals surface area contributed by atoms with Gasteiger partial charge in [0.25, 0.3) is 0 Å². The van der Waals surface area contributed by atoms with Crippen molar-refractivity contribution >= 4 is 17.2 Å². The Hall–Kier alpha value is -1.29. The summed E-state index contributed by atoms with van der Waals surface area (Å²) < 4.78 is 5.30. The van der Waals surface area contributed by atoms with Gasteiger partial charge in [-0.05, 0) is 17.9 Å². The Morgan fingerprint density at radius 2 is 2.31 bits per heavy atom. The number of unbranched alkanes of at least 4 members (excludes halogenated alkanes) is 2. The molecule has 0 bridgehead atoms. The van der Waals surface area contributed by atoms with Crippen molar-refractivity contribution in [1.29, 1.82) is 0 Å². The molecule has 0 atom stereocenters. The molecule has 0 aliphatic carbocycles. The van der Waals surface area contributed by atoms with E-state index in [1.807, 2.05) is 11.4 Å². The largest absolute Gasteiger partial charge is 0.380 e. The molecular weight excluding hydrogens is 220 g/mol. The van der Waals surface area contributed by atoms with Gasteiger partial charge in [-0.15, -0.1) is 11.3 Å². The van der Waals surface area contributed by atoms with E-state index in [9.17, 15) is 0 Å². The van der Waals surface area contributed by atoms with Crippen molar-refractivity contribution in [1.82, 2.24) is 5.16 Å². The first-order valence-electron chi connectivity index (χ1n) is 5.60. The fourth-order valence-electron chi connectivity index (χ4n) is 1.73. The third-order valence-electron chi connectivity index (χ3n) is 2.56.